The molecule has 0 radical (unpaired) electrons. The molecular formula is C14H17F3N2O. The fourth-order valence-corrected chi connectivity index (χ4v) is 3.22. The first-order valence-corrected chi connectivity index (χ1v) is 6.96. The summed E-state index contributed by atoms with van der Waals surface area (Å²) in [5.41, 5.74) is -0.850. The van der Waals surface area contributed by atoms with Crippen molar-refractivity contribution in [2.24, 2.45) is 5.92 Å². The maximum Gasteiger partial charge on any atom is 0.433 e. The van der Waals surface area contributed by atoms with Crippen molar-refractivity contribution >= 4 is 5.82 Å². The minimum atomic E-state index is -4.40. The van der Waals surface area contributed by atoms with Crippen molar-refractivity contribution in [2.75, 3.05) is 11.9 Å². The van der Waals surface area contributed by atoms with Crippen LogP contribution in [0.5, 0.6) is 0 Å². The Morgan fingerprint density at radius 1 is 1.20 bits per heavy atom. The highest BCUT2D eigenvalue weighted by Crippen LogP contribution is 2.36. The summed E-state index contributed by atoms with van der Waals surface area (Å²) >= 11 is 0. The molecular weight excluding hydrogens is 269 g/mol. The van der Waals surface area contributed by atoms with Crippen LogP contribution >= 0.6 is 0 Å². The molecule has 2 fully saturated rings. The second kappa shape index (κ2) is 5.24. The first-order valence-electron chi connectivity index (χ1n) is 6.96. The van der Waals surface area contributed by atoms with Gasteiger partial charge in [0.1, 0.15) is 11.5 Å². The monoisotopic (exact) mass is 286 g/mol. The van der Waals surface area contributed by atoms with Gasteiger partial charge in [0.25, 0.3) is 0 Å². The van der Waals surface area contributed by atoms with Gasteiger partial charge >= 0.3 is 6.18 Å². The molecule has 1 aromatic heterocycles. The van der Waals surface area contributed by atoms with Crippen molar-refractivity contribution in [3.8, 4) is 0 Å². The van der Waals surface area contributed by atoms with Crippen molar-refractivity contribution in [1.29, 1.82) is 0 Å². The fourth-order valence-electron chi connectivity index (χ4n) is 3.22. The Morgan fingerprint density at radius 3 is 2.85 bits per heavy atom. The molecule has 3 atom stereocenters. The molecule has 2 aliphatic rings. The van der Waals surface area contributed by atoms with Gasteiger partial charge in [0.15, 0.2) is 0 Å². The number of halogens is 3. The van der Waals surface area contributed by atoms with E-state index < -0.39 is 11.9 Å². The predicted octanol–water partition coefficient (Wildman–Crippen LogP) is 3.47. The van der Waals surface area contributed by atoms with Crippen LogP contribution in [0.25, 0.3) is 0 Å². The van der Waals surface area contributed by atoms with Crippen molar-refractivity contribution in [2.45, 2.75) is 44.0 Å². The molecule has 1 aromatic rings. The first-order chi connectivity index (χ1) is 9.54. The van der Waals surface area contributed by atoms with Crippen LogP contribution in [0.3, 0.4) is 0 Å². The SMILES string of the molecule is FC(F)(F)c1cccc(NC2CCCC3OCCC23)n1. The number of pyridine rings is 1. The second-order valence-electron chi connectivity index (χ2n) is 5.45. The van der Waals surface area contributed by atoms with Crippen LogP contribution in [0, 0.1) is 5.92 Å². The Morgan fingerprint density at radius 2 is 2.05 bits per heavy atom. The predicted molar refractivity (Wildman–Crippen MR) is 68.3 cm³/mol. The highest BCUT2D eigenvalue weighted by molar-refractivity contribution is 5.37. The zero-order valence-electron chi connectivity index (χ0n) is 11.0. The quantitative estimate of drug-likeness (QED) is 0.904. The van der Waals surface area contributed by atoms with Gasteiger partial charge in [0.05, 0.1) is 6.10 Å². The van der Waals surface area contributed by atoms with E-state index >= 15 is 0 Å². The molecule has 6 heteroatoms. The number of hydrogen-bond donors (Lipinski definition) is 1. The molecule has 0 aromatic carbocycles. The summed E-state index contributed by atoms with van der Waals surface area (Å²) < 4.78 is 43.6. The van der Waals surface area contributed by atoms with Gasteiger partial charge in [-0.05, 0) is 37.8 Å². The molecule has 1 saturated heterocycles. The highest BCUT2D eigenvalue weighted by atomic mass is 19.4. The van der Waals surface area contributed by atoms with E-state index in [2.05, 4.69) is 10.3 Å². The van der Waals surface area contributed by atoms with Crippen LogP contribution in [-0.4, -0.2) is 23.7 Å². The topological polar surface area (TPSA) is 34.1 Å². The lowest BCUT2D eigenvalue weighted by Gasteiger charge is -2.33. The van der Waals surface area contributed by atoms with E-state index in [9.17, 15) is 13.2 Å². The van der Waals surface area contributed by atoms with Gasteiger partial charge in [0.2, 0.25) is 0 Å². The standard InChI is InChI=1S/C14H17F3N2O/c15-14(16,17)12-5-2-6-13(19-12)18-10-3-1-4-11-9(10)7-8-20-11/h2,5-6,9-11H,1,3-4,7-8H2,(H,18,19). The lowest BCUT2D eigenvalue weighted by Crippen LogP contribution is -2.38. The fraction of sp³-hybridized carbons (Fsp3) is 0.643. The third-order valence-corrected chi connectivity index (χ3v) is 4.15. The van der Waals surface area contributed by atoms with Crippen LogP contribution in [0.4, 0.5) is 19.0 Å². The summed E-state index contributed by atoms with van der Waals surface area (Å²) in [6.45, 7) is 0.754. The van der Waals surface area contributed by atoms with Gasteiger partial charge in [0, 0.05) is 18.6 Å². The van der Waals surface area contributed by atoms with Gasteiger partial charge in [-0.25, -0.2) is 4.98 Å². The van der Waals surface area contributed by atoms with Gasteiger partial charge in [-0.3, -0.25) is 0 Å². The zero-order valence-corrected chi connectivity index (χ0v) is 11.0. The number of hydrogen-bond acceptors (Lipinski definition) is 3. The number of rotatable bonds is 2. The first kappa shape index (κ1) is 13.7. The highest BCUT2D eigenvalue weighted by Gasteiger charge is 2.38. The molecule has 1 aliphatic carbocycles. The summed E-state index contributed by atoms with van der Waals surface area (Å²) in [7, 11) is 0. The maximum absolute atomic E-state index is 12.7. The molecule has 3 unspecified atom stereocenters. The smallest absolute Gasteiger partial charge is 0.378 e. The Labute approximate surface area is 115 Å². The largest absolute Gasteiger partial charge is 0.433 e. The molecule has 110 valence electrons. The Hall–Kier alpha value is -1.30. The van der Waals surface area contributed by atoms with Crippen LogP contribution < -0.4 is 5.32 Å². The normalized spacial score (nSPS) is 30.1. The Kier molecular flexibility index (Phi) is 3.58. The zero-order chi connectivity index (χ0) is 14.2. The summed E-state index contributed by atoms with van der Waals surface area (Å²) in [4.78, 5) is 3.68. The number of nitrogens with zero attached hydrogens (tertiary/aromatic N) is 1. The van der Waals surface area contributed by atoms with Crippen molar-refractivity contribution in [1.82, 2.24) is 4.98 Å². The van der Waals surface area contributed by atoms with Crippen LogP contribution in [-0.2, 0) is 10.9 Å². The van der Waals surface area contributed by atoms with E-state index in [1.165, 1.54) is 6.07 Å². The molecule has 20 heavy (non-hydrogen) atoms. The number of alkyl halides is 3. The van der Waals surface area contributed by atoms with Crippen molar-refractivity contribution in [3.05, 3.63) is 23.9 Å². The average Bonchev–Trinajstić information content (AvgIpc) is 2.87. The van der Waals surface area contributed by atoms with E-state index in [1.54, 1.807) is 6.07 Å². The van der Waals surface area contributed by atoms with E-state index in [4.69, 9.17) is 4.74 Å². The molecule has 3 nitrogen and oxygen atoms in total. The number of anilines is 1. The van der Waals surface area contributed by atoms with E-state index in [1.807, 2.05) is 0 Å². The van der Waals surface area contributed by atoms with Gasteiger partial charge < -0.3 is 10.1 Å². The molecule has 1 N–H and O–H groups in total. The van der Waals surface area contributed by atoms with Crippen LogP contribution in [0.2, 0.25) is 0 Å². The number of aromatic nitrogens is 1. The number of ether oxygens (including phenoxy) is 1. The molecule has 0 bridgehead atoms. The summed E-state index contributed by atoms with van der Waals surface area (Å²) in [6, 6.07) is 4.14. The molecule has 1 saturated carbocycles. The molecule has 1 aliphatic heterocycles. The number of nitrogens with one attached hydrogen (secondary N) is 1. The maximum atomic E-state index is 12.7. The van der Waals surface area contributed by atoms with Crippen LogP contribution in [0.15, 0.2) is 18.2 Å². The Balaban J connectivity index is 1.74. The van der Waals surface area contributed by atoms with Gasteiger partial charge in [-0.15, -0.1) is 0 Å². The van der Waals surface area contributed by atoms with Gasteiger partial charge in [-0.2, -0.15) is 13.2 Å². The average molecular weight is 286 g/mol. The lowest BCUT2D eigenvalue weighted by molar-refractivity contribution is -0.141. The molecule has 0 amide bonds. The lowest BCUT2D eigenvalue weighted by atomic mass is 9.82. The Bertz CT molecular complexity index is 478. The molecule has 0 spiro atoms. The molecule has 3 rings (SSSR count). The minimum Gasteiger partial charge on any atom is -0.378 e. The second-order valence-corrected chi connectivity index (χ2v) is 5.45. The molecule has 2 heterocycles. The third-order valence-electron chi connectivity index (χ3n) is 4.15. The number of fused-ring (bicyclic) bond motifs is 1. The van der Waals surface area contributed by atoms with E-state index in [0.717, 1.165) is 38.4 Å². The summed E-state index contributed by atoms with van der Waals surface area (Å²) in [5.74, 6) is 0.692. The van der Waals surface area contributed by atoms with Crippen LogP contribution in [0.1, 0.15) is 31.4 Å². The van der Waals surface area contributed by atoms with Crippen molar-refractivity contribution in [3.63, 3.8) is 0 Å². The van der Waals surface area contributed by atoms with Crippen molar-refractivity contribution < 1.29 is 17.9 Å². The van der Waals surface area contributed by atoms with E-state index in [-0.39, 0.29) is 12.1 Å². The summed E-state index contributed by atoms with van der Waals surface area (Å²) in [6.07, 6.45) is -0.115. The van der Waals surface area contributed by atoms with Gasteiger partial charge in [-0.1, -0.05) is 6.07 Å². The minimum absolute atomic E-state index is 0.159. The summed E-state index contributed by atoms with van der Waals surface area (Å²) in [5, 5.41) is 3.17. The van der Waals surface area contributed by atoms with E-state index in [0.29, 0.717) is 11.7 Å². The third kappa shape index (κ3) is 2.75.